The van der Waals surface area contributed by atoms with Gasteiger partial charge in [-0.05, 0) is 61.0 Å². The molecule has 7 nitrogen and oxygen atoms in total. The fourth-order valence-corrected chi connectivity index (χ4v) is 5.12. The van der Waals surface area contributed by atoms with E-state index in [1.54, 1.807) is 66.7 Å². The molecule has 1 aliphatic heterocycles. The molecule has 1 heterocycles. The SMILES string of the molecule is O=C(Nc1ccc(Cl)c(NC(=O)c2ccccc2)c1)c1ccc(N2CCCS2(=O)=O)cc1. The van der Waals surface area contributed by atoms with Gasteiger partial charge in [-0.25, -0.2) is 8.42 Å². The zero-order valence-electron chi connectivity index (χ0n) is 16.9. The van der Waals surface area contributed by atoms with Crippen molar-refractivity contribution in [1.29, 1.82) is 0 Å². The lowest BCUT2D eigenvalue weighted by Gasteiger charge is -2.17. The van der Waals surface area contributed by atoms with Gasteiger partial charge in [0.15, 0.2) is 0 Å². The summed E-state index contributed by atoms with van der Waals surface area (Å²) in [5, 5.41) is 5.84. The van der Waals surface area contributed by atoms with Crippen molar-refractivity contribution in [2.75, 3.05) is 27.2 Å². The molecule has 0 unspecified atom stereocenters. The predicted molar refractivity (Wildman–Crippen MR) is 126 cm³/mol. The maximum absolute atomic E-state index is 12.7. The Bertz CT molecular complexity index is 1260. The van der Waals surface area contributed by atoms with E-state index < -0.39 is 10.0 Å². The molecule has 0 atom stereocenters. The van der Waals surface area contributed by atoms with Crippen molar-refractivity contribution in [3.8, 4) is 0 Å². The molecule has 2 amide bonds. The van der Waals surface area contributed by atoms with Crippen LogP contribution in [0.2, 0.25) is 5.02 Å². The molecule has 9 heteroatoms. The summed E-state index contributed by atoms with van der Waals surface area (Å²) >= 11 is 6.20. The van der Waals surface area contributed by atoms with Crippen LogP contribution in [0, 0.1) is 0 Å². The molecule has 2 N–H and O–H groups in total. The van der Waals surface area contributed by atoms with Crippen LogP contribution in [-0.2, 0) is 10.0 Å². The monoisotopic (exact) mass is 469 g/mol. The minimum absolute atomic E-state index is 0.134. The molecule has 0 spiro atoms. The van der Waals surface area contributed by atoms with Gasteiger partial charge in [0.2, 0.25) is 10.0 Å². The highest BCUT2D eigenvalue weighted by atomic mass is 35.5. The first-order chi connectivity index (χ1) is 15.3. The smallest absolute Gasteiger partial charge is 0.255 e. The van der Waals surface area contributed by atoms with Crippen molar-refractivity contribution in [3.63, 3.8) is 0 Å². The summed E-state index contributed by atoms with van der Waals surface area (Å²) in [6, 6.07) is 19.9. The Kier molecular flexibility index (Phi) is 6.16. The topological polar surface area (TPSA) is 95.6 Å². The van der Waals surface area contributed by atoms with Crippen LogP contribution in [0.25, 0.3) is 0 Å². The van der Waals surface area contributed by atoms with E-state index >= 15 is 0 Å². The molecule has 1 fully saturated rings. The number of rotatable bonds is 5. The molecule has 0 aromatic heterocycles. The van der Waals surface area contributed by atoms with E-state index in [0.29, 0.717) is 46.2 Å². The van der Waals surface area contributed by atoms with E-state index in [1.165, 1.54) is 4.31 Å². The second-order valence-corrected chi connectivity index (χ2v) is 9.68. The molecule has 1 aliphatic rings. The number of nitrogens with one attached hydrogen (secondary N) is 2. The Morgan fingerprint density at radius 1 is 0.844 bits per heavy atom. The van der Waals surface area contributed by atoms with Gasteiger partial charge in [0.05, 0.1) is 22.2 Å². The van der Waals surface area contributed by atoms with Crippen LogP contribution in [-0.4, -0.2) is 32.5 Å². The normalized spacial score (nSPS) is 14.7. The van der Waals surface area contributed by atoms with Crippen molar-refractivity contribution < 1.29 is 18.0 Å². The van der Waals surface area contributed by atoms with Crippen LogP contribution >= 0.6 is 11.6 Å². The van der Waals surface area contributed by atoms with Crippen LogP contribution in [0.5, 0.6) is 0 Å². The van der Waals surface area contributed by atoms with Gasteiger partial charge in [0.25, 0.3) is 11.8 Å². The van der Waals surface area contributed by atoms with Crippen molar-refractivity contribution in [2.24, 2.45) is 0 Å². The zero-order chi connectivity index (χ0) is 22.7. The van der Waals surface area contributed by atoms with Gasteiger partial charge in [0, 0.05) is 23.4 Å². The standard InChI is InChI=1S/C23H20ClN3O4S/c24-20-12-9-18(15-21(20)26-23(29)16-5-2-1-3-6-16)25-22(28)17-7-10-19(11-8-17)27-13-4-14-32(27,30)31/h1-3,5-12,15H,4,13-14H2,(H,25,28)(H,26,29). The molecule has 0 bridgehead atoms. The number of anilines is 3. The number of nitrogens with zero attached hydrogens (tertiary/aromatic N) is 1. The lowest BCUT2D eigenvalue weighted by molar-refractivity contribution is 0.101. The molecule has 0 saturated carbocycles. The second-order valence-electron chi connectivity index (χ2n) is 7.26. The summed E-state index contributed by atoms with van der Waals surface area (Å²) in [6.07, 6.45) is 0.588. The van der Waals surface area contributed by atoms with Crippen LogP contribution in [0.15, 0.2) is 72.8 Å². The van der Waals surface area contributed by atoms with Crippen molar-refractivity contribution in [1.82, 2.24) is 0 Å². The number of sulfonamides is 1. The van der Waals surface area contributed by atoms with Crippen LogP contribution < -0.4 is 14.9 Å². The molecular weight excluding hydrogens is 450 g/mol. The first kappa shape index (κ1) is 21.9. The van der Waals surface area contributed by atoms with Gasteiger partial charge >= 0.3 is 0 Å². The fourth-order valence-electron chi connectivity index (χ4n) is 3.39. The Morgan fingerprint density at radius 3 is 2.16 bits per heavy atom. The minimum Gasteiger partial charge on any atom is -0.322 e. The number of hydrogen-bond acceptors (Lipinski definition) is 4. The van der Waals surface area contributed by atoms with E-state index in [9.17, 15) is 18.0 Å². The number of carbonyl (C=O) groups is 2. The minimum atomic E-state index is -3.27. The summed E-state index contributed by atoms with van der Waals surface area (Å²) < 4.78 is 25.5. The zero-order valence-corrected chi connectivity index (χ0v) is 18.5. The number of benzene rings is 3. The van der Waals surface area contributed by atoms with E-state index in [4.69, 9.17) is 11.6 Å². The van der Waals surface area contributed by atoms with E-state index in [0.717, 1.165) is 0 Å². The molecule has 0 aliphatic carbocycles. The highest BCUT2D eigenvalue weighted by molar-refractivity contribution is 7.93. The van der Waals surface area contributed by atoms with E-state index in [1.807, 2.05) is 6.07 Å². The first-order valence-corrected chi connectivity index (χ1v) is 11.9. The maximum Gasteiger partial charge on any atom is 0.255 e. The van der Waals surface area contributed by atoms with Crippen molar-refractivity contribution >= 4 is 50.5 Å². The molecule has 32 heavy (non-hydrogen) atoms. The molecule has 3 aromatic carbocycles. The number of amides is 2. The van der Waals surface area contributed by atoms with Crippen molar-refractivity contribution in [3.05, 3.63) is 88.9 Å². The Morgan fingerprint density at radius 2 is 1.50 bits per heavy atom. The quantitative estimate of drug-likeness (QED) is 0.579. The van der Waals surface area contributed by atoms with Crippen molar-refractivity contribution in [2.45, 2.75) is 6.42 Å². The summed E-state index contributed by atoms with van der Waals surface area (Å²) in [5.74, 6) is -0.554. The van der Waals surface area contributed by atoms with Gasteiger partial charge in [-0.2, -0.15) is 0 Å². The molecule has 1 saturated heterocycles. The highest BCUT2D eigenvalue weighted by Crippen LogP contribution is 2.27. The van der Waals surface area contributed by atoms with Gasteiger partial charge in [0.1, 0.15) is 0 Å². The average Bonchev–Trinajstić information content (AvgIpc) is 3.15. The Hall–Kier alpha value is -3.36. The molecular formula is C23H20ClN3O4S. The molecule has 4 rings (SSSR count). The van der Waals surface area contributed by atoms with Crippen LogP contribution in [0.4, 0.5) is 17.1 Å². The third-order valence-electron chi connectivity index (χ3n) is 5.03. The molecule has 3 aromatic rings. The fraction of sp³-hybridized carbons (Fsp3) is 0.130. The number of carbonyl (C=O) groups excluding carboxylic acids is 2. The van der Waals surface area contributed by atoms with Crippen LogP contribution in [0.1, 0.15) is 27.1 Å². The predicted octanol–water partition coefficient (Wildman–Crippen LogP) is 4.38. The average molecular weight is 470 g/mol. The summed E-state index contributed by atoms with van der Waals surface area (Å²) in [5.41, 5.74) is 2.21. The summed E-state index contributed by atoms with van der Waals surface area (Å²) in [7, 11) is -3.27. The lowest BCUT2D eigenvalue weighted by atomic mass is 10.1. The summed E-state index contributed by atoms with van der Waals surface area (Å²) in [6.45, 7) is 0.441. The largest absolute Gasteiger partial charge is 0.322 e. The van der Waals surface area contributed by atoms with Gasteiger partial charge in [-0.1, -0.05) is 29.8 Å². The lowest BCUT2D eigenvalue weighted by Crippen LogP contribution is -2.25. The number of hydrogen-bond donors (Lipinski definition) is 2. The molecule has 164 valence electrons. The first-order valence-electron chi connectivity index (χ1n) is 9.91. The van der Waals surface area contributed by atoms with E-state index in [-0.39, 0.29) is 17.6 Å². The Labute approximate surface area is 191 Å². The third-order valence-corrected chi connectivity index (χ3v) is 7.22. The Balaban J connectivity index is 1.46. The number of halogens is 1. The highest BCUT2D eigenvalue weighted by Gasteiger charge is 2.28. The van der Waals surface area contributed by atoms with Gasteiger partial charge < -0.3 is 10.6 Å². The second kappa shape index (κ2) is 9.02. The van der Waals surface area contributed by atoms with E-state index in [2.05, 4.69) is 10.6 Å². The maximum atomic E-state index is 12.7. The van der Waals surface area contributed by atoms with Gasteiger partial charge in [-0.15, -0.1) is 0 Å². The van der Waals surface area contributed by atoms with Crippen LogP contribution in [0.3, 0.4) is 0 Å². The van der Waals surface area contributed by atoms with Gasteiger partial charge in [-0.3, -0.25) is 13.9 Å². The third kappa shape index (κ3) is 4.76. The molecule has 0 radical (unpaired) electrons. The summed E-state index contributed by atoms with van der Waals surface area (Å²) in [4.78, 5) is 25.1.